The SMILES string of the molecule is CCCCCCCOc1ccc(C(=O)NCC(=O)N(C)C2C(=O)N[C@@H](C)C(=O)NC(C(=O)NCC#N)Cc3ccc(OCCN)c(c3)-c3cc2ccc3OCCN)c(C(F)F)c1.CCN. The largest absolute Gasteiger partial charge is 0.494 e. The van der Waals surface area contributed by atoms with Crippen LogP contribution in [-0.2, 0) is 25.6 Å². The first-order chi connectivity index (χ1) is 31.2. The lowest BCUT2D eigenvalue weighted by molar-refractivity contribution is -0.139. The van der Waals surface area contributed by atoms with Gasteiger partial charge < -0.3 is 57.6 Å². The maximum absolute atomic E-state index is 14.3. The van der Waals surface area contributed by atoms with Gasteiger partial charge in [0, 0.05) is 48.8 Å². The zero-order chi connectivity index (χ0) is 47.9. The molecule has 0 radical (unpaired) electrons. The van der Waals surface area contributed by atoms with Gasteiger partial charge in [-0.3, -0.25) is 24.0 Å². The summed E-state index contributed by atoms with van der Waals surface area (Å²) in [5, 5.41) is 19.2. The summed E-state index contributed by atoms with van der Waals surface area (Å²) in [5.41, 5.74) is 17.2. The van der Waals surface area contributed by atoms with Crippen molar-refractivity contribution in [3.63, 3.8) is 0 Å². The lowest BCUT2D eigenvalue weighted by atomic mass is 9.93. The minimum Gasteiger partial charge on any atom is -0.494 e. The molecule has 0 saturated heterocycles. The van der Waals surface area contributed by atoms with E-state index < -0.39 is 66.2 Å². The number of ether oxygens (including phenoxy) is 3. The first kappa shape index (κ1) is 53.0. The number of halogens is 2. The van der Waals surface area contributed by atoms with Gasteiger partial charge in [-0.1, -0.05) is 51.7 Å². The fourth-order valence-electron chi connectivity index (χ4n) is 6.77. The molecule has 19 heteroatoms. The number of carbonyl (C=O) groups excluding carboxylic acids is 5. The van der Waals surface area contributed by atoms with Gasteiger partial charge in [-0.25, -0.2) is 8.78 Å². The molecule has 10 N–H and O–H groups in total. The summed E-state index contributed by atoms with van der Waals surface area (Å²) in [4.78, 5) is 69.3. The third kappa shape index (κ3) is 16.0. The second-order valence-corrected chi connectivity index (χ2v) is 15.0. The van der Waals surface area contributed by atoms with Crippen molar-refractivity contribution in [1.82, 2.24) is 26.2 Å². The van der Waals surface area contributed by atoms with Crippen LogP contribution in [0.5, 0.6) is 17.2 Å². The predicted molar refractivity (Wildman–Crippen MR) is 241 cm³/mol. The van der Waals surface area contributed by atoms with Gasteiger partial charge in [0.1, 0.15) is 55.1 Å². The van der Waals surface area contributed by atoms with Crippen LogP contribution in [0.2, 0.25) is 0 Å². The molecule has 0 aromatic heterocycles. The molecule has 1 aliphatic heterocycles. The number of nitrogens with zero attached hydrogens (tertiary/aromatic N) is 2. The van der Waals surface area contributed by atoms with E-state index in [0.717, 1.165) is 49.6 Å². The Bertz CT molecular complexity index is 2100. The lowest BCUT2D eigenvalue weighted by Gasteiger charge is -2.30. The Morgan fingerprint density at radius 3 is 2.12 bits per heavy atom. The Morgan fingerprint density at radius 1 is 0.846 bits per heavy atom. The van der Waals surface area contributed by atoms with Crippen LogP contribution >= 0.6 is 0 Å². The summed E-state index contributed by atoms with van der Waals surface area (Å²) >= 11 is 0. The van der Waals surface area contributed by atoms with Crippen molar-refractivity contribution in [2.45, 2.75) is 83.8 Å². The van der Waals surface area contributed by atoms with Gasteiger partial charge >= 0.3 is 0 Å². The highest BCUT2D eigenvalue weighted by atomic mass is 19.3. The molecule has 0 saturated carbocycles. The topological polar surface area (TPSA) is 266 Å². The molecule has 3 aromatic rings. The van der Waals surface area contributed by atoms with Crippen LogP contribution in [0.3, 0.4) is 0 Å². The van der Waals surface area contributed by atoms with Gasteiger partial charge in [0.15, 0.2) is 0 Å². The van der Waals surface area contributed by atoms with Crippen LogP contribution in [0, 0.1) is 11.3 Å². The van der Waals surface area contributed by atoms with Gasteiger partial charge in [-0.2, -0.15) is 5.26 Å². The van der Waals surface area contributed by atoms with Crippen molar-refractivity contribution in [3.05, 3.63) is 76.9 Å². The number of alkyl halides is 2. The van der Waals surface area contributed by atoms with E-state index >= 15 is 0 Å². The number of nitrogens with two attached hydrogens (primary N) is 3. The average molecular weight is 908 g/mol. The molecule has 4 rings (SSSR count). The van der Waals surface area contributed by atoms with Gasteiger partial charge in [-0.05, 0) is 73.5 Å². The summed E-state index contributed by atoms with van der Waals surface area (Å²) in [7, 11) is 1.32. The molecule has 65 heavy (non-hydrogen) atoms. The minimum absolute atomic E-state index is 0.0198. The van der Waals surface area contributed by atoms with Crippen molar-refractivity contribution in [3.8, 4) is 34.4 Å². The number of hydrogen-bond acceptors (Lipinski definition) is 12. The van der Waals surface area contributed by atoms with Crippen molar-refractivity contribution >= 4 is 29.5 Å². The summed E-state index contributed by atoms with van der Waals surface area (Å²) in [6.07, 6.45) is 1.87. The molecule has 2 unspecified atom stereocenters. The Labute approximate surface area is 379 Å². The Kier molecular flexibility index (Phi) is 22.6. The minimum atomic E-state index is -3.02. The quantitative estimate of drug-likeness (QED) is 0.0636. The molecule has 3 aromatic carbocycles. The van der Waals surface area contributed by atoms with E-state index in [9.17, 15) is 32.8 Å². The fraction of sp³-hybridized carbons (Fsp3) is 0.478. The number of hydrogen-bond donors (Lipinski definition) is 7. The summed E-state index contributed by atoms with van der Waals surface area (Å²) in [6.45, 7) is 6.04. The smallest absolute Gasteiger partial charge is 0.264 e. The van der Waals surface area contributed by atoms with Crippen LogP contribution in [0.15, 0.2) is 54.6 Å². The molecule has 354 valence electrons. The van der Waals surface area contributed by atoms with Crippen LogP contribution in [0.4, 0.5) is 8.78 Å². The maximum Gasteiger partial charge on any atom is 0.264 e. The van der Waals surface area contributed by atoms with E-state index in [2.05, 4.69) is 28.2 Å². The molecular formula is C46H63F2N9O8. The standard InChI is InChI=1S/C44H56F2N8O8.C2H7N/c1-4-5-6-7-8-19-60-30-11-12-31(34(25-30)40(45)46)42(57)51-26-38(55)54(3)39-29-10-14-37(62-21-17-49)33(24-29)32-22-28(9-13-36(32)61-20-16-48)23-35(43(58)50-18-15-47)53-41(56)27(2)52-44(39)59;1-2-3/h9-14,22,24-25,27,35,39-40H,4-8,16-21,23,26,48-49H2,1-3H3,(H,50,58)(H,51,57)(H,52,59)(H,53,56);2-3H2,1H3/t27-,35?,39?;/m0./s1. The van der Waals surface area contributed by atoms with E-state index in [1.165, 1.54) is 26.1 Å². The van der Waals surface area contributed by atoms with Crippen molar-refractivity contribution in [2.75, 3.05) is 59.6 Å². The van der Waals surface area contributed by atoms with Gasteiger partial charge in [0.05, 0.1) is 19.2 Å². The van der Waals surface area contributed by atoms with E-state index in [0.29, 0.717) is 34.8 Å². The van der Waals surface area contributed by atoms with Crippen LogP contribution in [-0.4, -0.2) is 106 Å². The molecule has 1 heterocycles. The first-order valence-electron chi connectivity index (χ1n) is 21.7. The van der Waals surface area contributed by atoms with Crippen LogP contribution < -0.4 is 52.7 Å². The normalized spacial score (nSPS) is 15.7. The van der Waals surface area contributed by atoms with Crippen LogP contribution in [0.25, 0.3) is 11.1 Å². The number of amides is 5. The van der Waals surface area contributed by atoms with E-state index in [-0.39, 0.29) is 56.1 Å². The number of nitriles is 1. The number of rotatable bonds is 20. The average Bonchev–Trinajstić information content (AvgIpc) is 3.29. The van der Waals surface area contributed by atoms with Crippen molar-refractivity contribution in [1.29, 1.82) is 5.26 Å². The summed E-state index contributed by atoms with van der Waals surface area (Å²) < 4.78 is 46.1. The molecule has 5 amide bonds. The second-order valence-electron chi connectivity index (χ2n) is 15.0. The van der Waals surface area contributed by atoms with Crippen molar-refractivity contribution < 1.29 is 47.0 Å². The van der Waals surface area contributed by atoms with E-state index in [4.69, 9.17) is 36.7 Å². The third-order valence-electron chi connectivity index (χ3n) is 10.0. The maximum atomic E-state index is 14.3. The highest BCUT2D eigenvalue weighted by Crippen LogP contribution is 2.40. The molecule has 0 aliphatic carbocycles. The van der Waals surface area contributed by atoms with Crippen molar-refractivity contribution in [2.24, 2.45) is 17.2 Å². The molecule has 1 aliphatic rings. The second kappa shape index (κ2) is 27.7. The lowest BCUT2D eigenvalue weighted by Crippen LogP contribution is -2.55. The number of unbranched alkanes of at least 4 members (excludes halogenated alkanes) is 4. The highest BCUT2D eigenvalue weighted by molar-refractivity contribution is 5.99. The zero-order valence-electron chi connectivity index (χ0n) is 37.6. The van der Waals surface area contributed by atoms with E-state index in [1.54, 1.807) is 36.4 Å². The number of fused-ring (bicyclic) bond motifs is 5. The molecule has 4 bridgehead atoms. The molecule has 3 atom stereocenters. The number of carbonyl (C=O) groups is 5. The van der Waals surface area contributed by atoms with Crippen LogP contribution in [0.1, 0.15) is 92.4 Å². The highest BCUT2D eigenvalue weighted by Gasteiger charge is 2.34. The molecule has 0 spiro atoms. The molecule has 0 fully saturated rings. The van der Waals surface area contributed by atoms with Gasteiger partial charge in [-0.15, -0.1) is 0 Å². The Morgan fingerprint density at radius 2 is 1.49 bits per heavy atom. The number of benzene rings is 3. The number of nitrogens with one attached hydrogen (secondary N) is 4. The zero-order valence-corrected chi connectivity index (χ0v) is 37.6. The third-order valence-corrected chi connectivity index (χ3v) is 10.0. The summed E-state index contributed by atoms with van der Waals surface area (Å²) in [6, 6.07) is 11.6. The Hall–Kier alpha value is -6.36. The van der Waals surface area contributed by atoms with E-state index in [1.807, 2.05) is 13.0 Å². The van der Waals surface area contributed by atoms with Gasteiger partial charge in [0.25, 0.3) is 12.3 Å². The van der Waals surface area contributed by atoms with Gasteiger partial charge in [0.2, 0.25) is 23.6 Å². The monoisotopic (exact) mass is 907 g/mol. The molecule has 17 nitrogen and oxygen atoms in total. The Balaban J connectivity index is 0.00000363. The molecular weight excluding hydrogens is 845 g/mol. The number of likely N-dealkylation sites (N-methyl/N-ethyl adjacent to an activating group) is 1. The fourth-order valence-corrected chi connectivity index (χ4v) is 6.77. The summed E-state index contributed by atoms with van der Waals surface area (Å²) in [5.74, 6) is -3.04. The first-order valence-corrected chi connectivity index (χ1v) is 21.7. The predicted octanol–water partition coefficient (Wildman–Crippen LogP) is 3.40.